The monoisotopic (exact) mass is 280 g/mol. The van der Waals surface area contributed by atoms with Crippen LogP contribution in [0.2, 0.25) is 0 Å². The van der Waals surface area contributed by atoms with E-state index in [-0.39, 0.29) is 6.04 Å². The van der Waals surface area contributed by atoms with Gasteiger partial charge in [0.15, 0.2) is 5.82 Å². The molecule has 0 saturated carbocycles. The SMILES string of the molecule is Cc1nn(C(C)C)c(Nc2cccc3ccccc23)c1N. The van der Waals surface area contributed by atoms with Gasteiger partial charge in [-0.05, 0) is 32.2 Å². The van der Waals surface area contributed by atoms with Gasteiger partial charge in [-0.15, -0.1) is 0 Å². The van der Waals surface area contributed by atoms with Crippen LogP contribution in [0.1, 0.15) is 25.6 Å². The molecule has 0 fully saturated rings. The zero-order valence-electron chi connectivity index (χ0n) is 12.6. The molecule has 4 heteroatoms. The quantitative estimate of drug-likeness (QED) is 0.754. The summed E-state index contributed by atoms with van der Waals surface area (Å²) < 4.78 is 1.94. The van der Waals surface area contributed by atoms with E-state index in [4.69, 9.17) is 5.73 Å². The van der Waals surface area contributed by atoms with E-state index >= 15 is 0 Å². The number of nitrogens with one attached hydrogen (secondary N) is 1. The van der Waals surface area contributed by atoms with E-state index < -0.39 is 0 Å². The summed E-state index contributed by atoms with van der Waals surface area (Å²) in [6.07, 6.45) is 0. The Kier molecular flexibility index (Phi) is 3.29. The zero-order valence-corrected chi connectivity index (χ0v) is 12.6. The van der Waals surface area contributed by atoms with Crippen molar-refractivity contribution in [3.63, 3.8) is 0 Å². The number of nitrogens with two attached hydrogens (primary N) is 1. The molecule has 1 aromatic heterocycles. The van der Waals surface area contributed by atoms with Crippen molar-refractivity contribution in [1.29, 1.82) is 0 Å². The number of aryl methyl sites for hydroxylation is 1. The third-order valence-electron chi connectivity index (χ3n) is 3.66. The van der Waals surface area contributed by atoms with Gasteiger partial charge in [-0.3, -0.25) is 0 Å². The molecule has 0 atom stereocenters. The summed E-state index contributed by atoms with van der Waals surface area (Å²) in [4.78, 5) is 0. The van der Waals surface area contributed by atoms with Gasteiger partial charge >= 0.3 is 0 Å². The van der Waals surface area contributed by atoms with Crippen molar-refractivity contribution >= 4 is 28.0 Å². The van der Waals surface area contributed by atoms with Crippen molar-refractivity contribution in [3.05, 3.63) is 48.2 Å². The van der Waals surface area contributed by atoms with E-state index in [9.17, 15) is 0 Å². The highest BCUT2D eigenvalue weighted by Crippen LogP contribution is 2.31. The van der Waals surface area contributed by atoms with Crippen LogP contribution in [0.4, 0.5) is 17.2 Å². The molecule has 0 aliphatic rings. The maximum absolute atomic E-state index is 6.19. The molecule has 0 spiro atoms. The number of nitrogens with zero attached hydrogens (tertiary/aromatic N) is 2. The Morgan fingerprint density at radius 2 is 1.81 bits per heavy atom. The Morgan fingerprint density at radius 3 is 2.57 bits per heavy atom. The van der Waals surface area contributed by atoms with E-state index in [1.807, 2.05) is 29.8 Å². The molecule has 0 bridgehead atoms. The van der Waals surface area contributed by atoms with Crippen LogP contribution in [0.25, 0.3) is 10.8 Å². The van der Waals surface area contributed by atoms with Crippen LogP contribution in [0.5, 0.6) is 0 Å². The molecule has 0 aliphatic carbocycles. The van der Waals surface area contributed by atoms with E-state index in [2.05, 4.69) is 48.5 Å². The minimum atomic E-state index is 0.249. The molecule has 21 heavy (non-hydrogen) atoms. The number of benzene rings is 2. The first kappa shape index (κ1) is 13.5. The zero-order chi connectivity index (χ0) is 15.0. The molecule has 0 saturated heterocycles. The average Bonchev–Trinajstić information content (AvgIpc) is 2.76. The molecule has 0 radical (unpaired) electrons. The van der Waals surface area contributed by atoms with Gasteiger partial charge < -0.3 is 11.1 Å². The first-order chi connectivity index (χ1) is 10.1. The largest absolute Gasteiger partial charge is 0.394 e. The molecule has 1 heterocycles. The van der Waals surface area contributed by atoms with Crippen molar-refractivity contribution in [3.8, 4) is 0 Å². The first-order valence-corrected chi connectivity index (χ1v) is 7.17. The van der Waals surface area contributed by atoms with Gasteiger partial charge in [-0.2, -0.15) is 5.10 Å². The van der Waals surface area contributed by atoms with Crippen LogP contribution in [-0.4, -0.2) is 9.78 Å². The Morgan fingerprint density at radius 1 is 1.10 bits per heavy atom. The van der Waals surface area contributed by atoms with Crippen LogP contribution in [0.3, 0.4) is 0 Å². The topological polar surface area (TPSA) is 55.9 Å². The second kappa shape index (κ2) is 5.13. The number of nitrogen functional groups attached to an aromatic ring is 1. The van der Waals surface area contributed by atoms with Crippen LogP contribution in [0, 0.1) is 6.92 Å². The molecular formula is C17H20N4. The summed E-state index contributed by atoms with van der Waals surface area (Å²) in [6, 6.07) is 14.8. The molecule has 3 N–H and O–H groups in total. The van der Waals surface area contributed by atoms with Crippen molar-refractivity contribution in [2.45, 2.75) is 26.8 Å². The Hall–Kier alpha value is -2.49. The van der Waals surface area contributed by atoms with E-state index in [1.165, 1.54) is 10.8 Å². The standard InChI is InChI=1S/C17H20N4/c1-11(2)21-17(16(18)12(3)20-21)19-15-10-6-8-13-7-4-5-9-14(13)15/h4-11,19H,18H2,1-3H3. The van der Waals surface area contributed by atoms with E-state index in [0.717, 1.165) is 17.2 Å². The summed E-state index contributed by atoms with van der Waals surface area (Å²) >= 11 is 0. The summed E-state index contributed by atoms with van der Waals surface area (Å²) in [5.74, 6) is 0.860. The number of rotatable bonds is 3. The van der Waals surface area contributed by atoms with Gasteiger partial charge in [0.25, 0.3) is 0 Å². The van der Waals surface area contributed by atoms with Gasteiger partial charge in [0.2, 0.25) is 0 Å². The average molecular weight is 280 g/mol. The fraction of sp³-hybridized carbons (Fsp3) is 0.235. The fourth-order valence-electron chi connectivity index (χ4n) is 2.52. The molecule has 108 valence electrons. The molecule has 0 amide bonds. The minimum Gasteiger partial charge on any atom is -0.394 e. The number of aromatic nitrogens is 2. The highest BCUT2D eigenvalue weighted by atomic mass is 15.4. The summed E-state index contributed by atoms with van der Waals surface area (Å²) in [7, 11) is 0. The smallest absolute Gasteiger partial charge is 0.152 e. The third kappa shape index (κ3) is 2.33. The van der Waals surface area contributed by atoms with Crippen LogP contribution in [-0.2, 0) is 0 Å². The summed E-state index contributed by atoms with van der Waals surface area (Å²) in [5.41, 5.74) is 8.79. The lowest BCUT2D eigenvalue weighted by Crippen LogP contribution is -2.08. The third-order valence-corrected chi connectivity index (χ3v) is 3.66. The second-order valence-corrected chi connectivity index (χ2v) is 5.54. The molecule has 3 aromatic rings. The van der Waals surface area contributed by atoms with Gasteiger partial charge in [-0.25, -0.2) is 4.68 Å². The highest BCUT2D eigenvalue weighted by molar-refractivity contribution is 5.95. The summed E-state index contributed by atoms with van der Waals surface area (Å²) in [6.45, 7) is 6.13. The van der Waals surface area contributed by atoms with Gasteiger partial charge in [-0.1, -0.05) is 36.4 Å². The van der Waals surface area contributed by atoms with Crippen molar-refractivity contribution in [2.24, 2.45) is 0 Å². The predicted octanol–water partition coefficient (Wildman–Crippen LogP) is 4.25. The van der Waals surface area contributed by atoms with Gasteiger partial charge in [0.1, 0.15) is 0 Å². The van der Waals surface area contributed by atoms with Crippen molar-refractivity contribution in [2.75, 3.05) is 11.1 Å². The normalized spacial score (nSPS) is 11.2. The lowest BCUT2D eigenvalue weighted by atomic mass is 10.1. The first-order valence-electron chi connectivity index (χ1n) is 7.17. The maximum atomic E-state index is 6.19. The van der Waals surface area contributed by atoms with Crippen molar-refractivity contribution < 1.29 is 0 Å². The summed E-state index contributed by atoms with van der Waals surface area (Å²) in [5, 5.41) is 10.4. The molecule has 0 unspecified atom stereocenters. The number of hydrogen-bond acceptors (Lipinski definition) is 3. The maximum Gasteiger partial charge on any atom is 0.152 e. The molecular weight excluding hydrogens is 260 g/mol. The molecule has 2 aromatic carbocycles. The Balaban J connectivity index is 2.11. The second-order valence-electron chi connectivity index (χ2n) is 5.54. The fourth-order valence-corrected chi connectivity index (χ4v) is 2.52. The van der Waals surface area contributed by atoms with Crippen LogP contribution in [0.15, 0.2) is 42.5 Å². The van der Waals surface area contributed by atoms with Crippen LogP contribution < -0.4 is 11.1 Å². The molecule has 4 nitrogen and oxygen atoms in total. The predicted molar refractivity (Wildman–Crippen MR) is 89.0 cm³/mol. The Labute approximate surface area is 124 Å². The van der Waals surface area contributed by atoms with E-state index in [0.29, 0.717) is 5.69 Å². The number of fused-ring (bicyclic) bond motifs is 1. The van der Waals surface area contributed by atoms with Gasteiger partial charge in [0, 0.05) is 17.1 Å². The molecule has 0 aliphatic heterocycles. The lowest BCUT2D eigenvalue weighted by molar-refractivity contribution is 0.536. The minimum absolute atomic E-state index is 0.249. The highest BCUT2D eigenvalue weighted by Gasteiger charge is 2.15. The lowest BCUT2D eigenvalue weighted by Gasteiger charge is -2.15. The van der Waals surface area contributed by atoms with Gasteiger partial charge in [0.05, 0.1) is 11.4 Å². The van der Waals surface area contributed by atoms with Crippen molar-refractivity contribution in [1.82, 2.24) is 9.78 Å². The molecule has 3 rings (SSSR count). The van der Waals surface area contributed by atoms with E-state index in [1.54, 1.807) is 0 Å². The number of hydrogen-bond donors (Lipinski definition) is 2. The number of anilines is 3. The Bertz CT molecular complexity index is 781. The van der Waals surface area contributed by atoms with Crippen LogP contribution >= 0.6 is 0 Å².